The fourth-order valence-electron chi connectivity index (χ4n) is 2.39. The molecule has 100 valence electrons. The van der Waals surface area contributed by atoms with Crippen LogP contribution >= 0.6 is 0 Å². The van der Waals surface area contributed by atoms with Crippen molar-refractivity contribution in [1.29, 1.82) is 5.26 Å². The van der Waals surface area contributed by atoms with Gasteiger partial charge in [-0.25, -0.2) is 0 Å². The zero-order valence-corrected chi connectivity index (χ0v) is 11.0. The van der Waals surface area contributed by atoms with Crippen LogP contribution in [0.25, 0.3) is 0 Å². The molecule has 1 aromatic rings. The number of hydrogen-bond acceptors (Lipinski definition) is 5. The second kappa shape index (κ2) is 4.86. The average Bonchev–Trinajstić information content (AvgIpc) is 2.37. The smallest absolute Gasteiger partial charge is 0.270 e. The van der Waals surface area contributed by atoms with Crippen molar-refractivity contribution >= 4 is 11.4 Å². The summed E-state index contributed by atoms with van der Waals surface area (Å²) >= 11 is 0. The Morgan fingerprint density at radius 3 is 2.84 bits per heavy atom. The molecule has 0 aliphatic carbocycles. The Morgan fingerprint density at radius 2 is 2.26 bits per heavy atom. The third-order valence-electron chi connectivity index (χ3n) is 3.40. The van der Waals surface area contributed by atoms with Crippen molar-refractivity contribution in [2.45, 2.75) is 19.4 Å². The molecule has 0 aromatic heterocycles. The average molecular weight is 260 g/mol. The Bertz CT molecular complexity index is 548. The maximum absolute atomic E-state index is 10.8. The second-order valence-corrected chi connectivity index (χ2v) is 5.21. The molecule has 1 saturated heterocycles. The number of nitro groups is 1. The quantitative estimate of drug-likeness (QED) is 0.646. The lowest BCUT2D eigenvalue weighted by Gasteiger charge is -2.44. The maximum atomic E-state index is 10.8. The van der Waals surface area contributed by atoms with Gasteiger partial charge in [-0.1, -0.05) is 0 Å². The Labute approximate surface area is 111 Å². The van der Waals surface area contributed by atoms with Gasteiger partial charge in [0.25, 0.3) is 5.69 Å². The van der Waals surface area contributed by atoms with Crippen LogP contribution in [0.1, 0.15) is 19.4 Å². The fourth-order valence-corrected chi connectivity index (χ4v) is 2.39. The van der Waals surface area contributed by atoms with E-state index in [1.54, 1.807) is 6.07 Å². The van der Waals surface area contributed by atoms with Gasteiger partial charge in [-0.05, 0) is 19.9 Å². The standard InChI is InChI=1S/C13H16N4O2/c1-13(2)9-15-5-6-16(13)12-4-3-11(17(18)19)7-10(12)8-14/h3-4,7,15H,5-6,9H2,1-2H3. The first-order chi connectivity index (χ1) is 8.95. The van der Waals surface area contributed by atoms with Crippen molar-refractivity contribution < 1.29 is 4.92 Å². The van der Waals surface area contributed by atoms with Crippen molar-refractivity contribution in [3.63, 3.8) is 0 Å². The van der Waals surface area contributed by atoms with E-state index < -0.39 is 4.92 Å². The molecular weight excluding hydrogens is 244 g/mol. The molecule has 1 aliphatic rings. The molecule has 0 radical (unpaired) electrons. The van der Waals surface area contributed by atoms with Gasteiger partial charge in [0.1, 0.15) is 6.07 Å². The van der Waals surface area contributed by atoms with Crippen molar-refractivity contribution in [2.75, 3.05) is 24.5 Å². The highest BCUT2D eigenvalue weighted by molar-refractivity contribution is 5.64. The molecule has 0 unspecified atom stereocenters. The number of non-ortho nitro benzene ring substituents is 1. The summed E-state index contributed by atoms with van der Waals surface area (Å²) in [5.74, 6) is 0. The third-order valence-corrected chi connectivity index (χ3v) is 3.40. The van der Waals surface area contributed by atoms with E-state index >= 15 is 0 Å². The number of nitro benzene ring substituents is 1. The molecule has 1 aliphatic heterocycles. The van der Waals surface area contributed by atoms with Crippen LogP contribution in [0.2, 0.25) is 0 Å². The Morgan fingerprint density at radius 1 is 1.53 bits per heavy atom. The van der Waals surface area contributed by atoms with Crippen molar-refractivity contribution in [1.82, 2.24) is 5.32 Å². The number of rotatable bonds is 2. The highest BCUT2D eigenvalue weighted by Crippen LogP contribution is 2.30. The van der Waals surface area contributed by atoms with Crippen LogP contribution in [-0.4, -0.2) is 30.1 Å². The van der Waals surface area contributed by atoms with Crippen LogP contribution in [0, 0.1) is 21.4 Å². The zero-order valence-electron chi connectivity index (χ0n) is 11.0. The first kappa shape index (κ1) is 13.3. The van der Waals surface area contributed by atoms with Crippen LogP contribution in [0.3, 0.4) is 0 Å². The third kappa shape index (κ3) is 2.51. The van der Waals surface area contributed by atoms with Gasteiger partial charge < -0.3 is 10.2 Å². The van der Waals surface area contributed by atoms with Gasteiger partial charge in [0.2, 0.25) is 0 Å². The second-order valence-electron chi connectivity index (χ2n) is 5.21. The number of anilines is 1. The van der Waals surface area contributed by atoms with Crippen LogP contribution in [0.4, 0.5) is 11.4 Å². The summed E-state index contributed by atoms with van der Waals surface area (Å²) in [6, 6.07) is 6.52. The summed E-state index contributed by atoms with van der Waals surface area (Å²) in [6.07, 6.45) is 0. The predicted octanol–water partition coefficient (Wildman–Crippen LogP) is 1.65. The summed E-state index contributed by atoms with van der Waals surface area (Å²) < 4.78 is 0. The molecule has 6 nitrogen and oxygen atoms in total. The molecule has 2 rings (SSSR count). The van der Waals surface area contributed by atoms with Gasteiger partial charge in [-0.15, -0.1) is 0 Å². The molecule has 6 heteroatoms. The topological polar surface area (TPSA) is 82.2 Å². The lowest BCUT2D eigenvalue weighted by atomic mass is 9.97. The van der Waals surface area contributed by atoms with E-state index in [1.807, 2.05) is 0 Å². The molecule has 0 spiro atoms. The molecule has 0 amide bonds. The molecule has 1 heterocycles. The normalized spacial score (nSPS) is 17.8. The van der Waals surface area contributed by atoms with E-state index in [0.717, 1.165) is 25.3 Å². The van der Waals surface area contributed by atoms with Gasteiger partial charge in [0.05, 0.1) is 16.2 Å². The van der Waals surface area contributed by atoms with E-state index in [4.69, 9.17) is 0 Å². The minimum absolute atomic E-state index is 0.0479. The zero-order chi connectivity index (χ0) is 14.0. The Hall–Kier alpha value is -2.13. The van der Waals surface area contributed by atoms with Gasteiger partial charge in [0.15, 0.2) is 0 Å². The molecule has 19 heavy (non-hydrogen) atoms. The molecule has 0 bridgehead atoms. The summed E-state index contributed by atoms with van der Waals surface area (Å²) in [7, 11) is 0. The largest absolute Gasteiger partial charge is 0.363 e. The fraction of sp³-hybridized carbons (Fsp3) is 0.462. The van der Waals surface area contributed by atoms with Crippen LogP contribution < -0.4 is 10.2 Å². The van der Waals surface area contributed by atoms with Gasteiger partial charge in [0, 0.05) is 37.3 Å². The minimum atomic E-state index is -0.479. The van der Waals surface area contributed by atoms with E-state index in [0.29, 0.717) is 5.56 Å². The molecule has 0 saturated carbocycles. The van der Waals surface area contributed by atoms with E-state index in [1.165, 1.54) is 12.1 Å². The van der Waals surface area contributed by atoms with Crippen LogP contribution in [0.5, 0.6) is 0 Å². The molecule has 1 aromatic carbocycles. The first-order valence-corrected chi connectivity index (χ1v) is 6.12. The van der Waals surface area contributed by atoms with Gasteiger partial charge in [-0.3, -0.25) is 10.1 Å². The monoisotopic (exact) mass is 260 g/mol. The highest BCUT2D eigenvalue weighted by Gasteiger charge is 2.31. The lowest BCUT2D eigenvalue weighted by Crippen LogP contribution is -2.58. The highest BCUT2D eigenvalue weighted by atomic mass is 16.6. The summed E-state index contributed by atoms with van der Waals surface area (Å²) in [5.41, 5.74) is 0.942. The van der Waals surface area contributed by atoms with E-state index in [2.05, 4.69) is 30.1 Å². The predicted molar refractivity (Wildman–Crippen MR) is 72.1 cm³/mol. The van der Waals surface area contributed by atoms with E-state index in [9.17, 15) is 15.4 Å². The van der Waals surface area contributed by atoms with Crippen molar-refractivity contribution in [3.05, 3.63) is 33.9 Å². The molecular formula is C13H16N4O2. The number of benzene rings is 1. The summed E-state index contributed by atoms with van der Waals surface area (Å²) in [4.78, 5) is 12.4. The Balaban J connectivity index is 2.45. The first-order valence-electron chi connectivity index (χ1n) is 6.12. The number of nitrogens with zero attached hydrogens (tertiary/aromatic N) is 3. The number of piperazine rings is 1. The summed E-state index contributed by atoms with van der Waals surface area (Å²) in [5, 5.41) is 23.3. The molecule has 1 N–H and O–H groups in total. The number of hydrogen-bond donors (Lipinski definition) is 1. The van der Waals surface area contributed by atoms with Gasteiger partial charge in [-0.2, -0.15) is 5.26 Å². The Kier molecular flexibility index (Phi) is 3.40. The van der Waals surface area contributed by atoms with Crippen molar-refractivity contribution in [2.24, 2.45) is 0 Å². The maximum Gasteiger partial charge on any atom is 0.270 e. The van der Waals surface area contributed by atoms with Crippen LogP contribution in [0.15, 0.2) is 18.2 Å². The number of nitriles is 1. The van der Waals surface area contributed by atoms with Gasteiger partial charge >= 0.3 is 0 Å². The lowest BCUT2D eigenvalue weighted by molar-refractivity contribution is -0.384. The van der Waals surface area contributed by atoms with E-state index in [-0.39, 0.29) is 11.2 Å². The number of nitrogens with one attached hydrogen (secondary N) is 1. The van der Waals surface area contributed by atoms with Crippen LogP contribution in [-0.2, 0) is 0 Å². The minimum Gasteiger partial charge on any atom is -0.363 e. The summed E-state index contributed by atoms with van der Waals surface area (Å²) in [6.45, 7) is 6.60. The van der Waals surface area contributed by atoms with Crippen molar-refractivity contribution in [3.8, 4) is 6.07 Å². The molecule has 1 fully saturated rings. The molecule has 0 atom stereocenters. The SMILES string of the molecule is CC1(C)CNCCN1c1ccc([N+](=O)[O-])cc1C#N.